The molecule has 14 heavy (non-hydrogen) atoms. The Bertz CT molecular complexity index is 300. The van der Waals surface area contributed by atoms with E-state index in [2.05, 4.69) is 5.32 Å². The molecule has 0 heterocycles. The molecule has 0 aliphatic rings. The van der Waals surface area contributed by atoms with Crippen molar-refractivity contribution in [2.75, 3.05) is 11.9 Å². The molecule has 1 rings (SSSR count). The standard InChI is InChI=1S/C10H9F3N/c1-2-7-14-9-5-3-8(4-6-9)10(11,12)13/h1-6,14H,7H2. The van der Waals surface area contributed by atoms with Crippen LogP contribution in [0.1, 0.15) is 5.56 Å². The Hall–Kier alpha value is -1.45. The maximum Gasteiger partial charge on any atom is 0.416 e. The van der Waals surface area contributed by atoms with E-state index in [0.29, 0.717) is 12.2 Å². The van der Waals surface area contributed by atoms with E-state index in [1.807, 2.05) is 0 Å². The lowest BCUT2D eigenvalue weighted by Crippen LogP contribution is -2.05. The Kier molecular flexibility index (Phi) is 3.17. The molecule has 1 radical (unpaired) electrons. The van der Waals surface area contributed by atoms with Crippen LogP contribution in [-0.2, 0) is 6.18 Å². The van der Waals surface area contributed by atoms with Crippen LogP contribution in [0.2, 0.25) is 0 Å². The first-order valence-electron chi connectivity index (χ1n) is 3.98. The summed E-state index contributed by atoms with van der Waals surface area (Å²) in [6.07, 6.45) is -2.89. The number of hydrogen-bond donors (Lipinski definition) is 1. The first-order valence-corrected chi connectivity index (χ1v) is 3.98. The first-order chi connectivity index (χ1) is 6.54. The number of nitrogens with one attached hydrogen (secondary N) is 1. The van der Waals surface area contributed by atoms with Gasteiger partial charge in [-0.1, -0.05) is 12.7 Å². The molecule has 4 heteroatoms. The summed E-state index contributed by atoms with van der Waals surface area (Å²) in [5.74, 6) is 0. The fraction of sp³-hybridized carbons (Fsp3) is 0.200. The van der Waals surface area contributed by atoms with Crippen molar-refractivity contribution in [1.29, 1.82) is 0 Å². The van der Waals surface area contributed by atoms with Gasteiger partial charge in [-0.25, -0.2) is 0 Å². The summed E-state index contributed by atoms with van der Waals surface area (Å²) in [6.45, 7) is 5.53. The molecular weight excluding hydrogens is 191 g/mol. The summed E-state index contributed by atoms with van der Waals surface area (Å²) in [7, 11) is 0. The zero-order chi connectivity index (χ0) is 10.6. The lowest BCUT2D eigenvalue weighted by atomic mass is 10.2. The van der Waals surface area contributed by atoms with Gasteiger partial charge in [-0.05, 0) is 24.3 Å². The Labute approximate surface area is 80.2 Å². The van der Waals surface area contributed by atoms with E-state index >= 15 is 0 Å². The van der Waals surface area contributed by atoms with Gasteiger partial charge in [-0.2, -0.15) is 13.2 Å². The van der Waals surface area contributed by atoms with Crippen LogP contribution >= 0.6 is 0 Å². The lowest BCUT2D eigenvalue weighted by molar-refractivity contribution is -0.137. The van der Waals surface area contributed by atoms with Crippen molar-refractivity contribution in [3.63, 3.8) is 0 Å². The highest BCUT2D eigenvalue weighted by molar-refractivity contribution is 5.45. The van der Waals surface area contributed by atoms with E-state index in [9.17, 15) is 13.2 Å². The highest BCUT2D eigenvalue weighted by atomic mass is 19.4. The Morgan fingerprint density at radius 3 is 2.21 bits per heavy atom. The molecule has 1 N–H and O–H groups in total. The van der Waals surface area contributed by atoms with Crippen molar-refractivity contribution in [3.8, 4) is 0 Å². The van der Waals surface area contributed by atoms with Crippen molar-refractivity contribution in [3.05, 3.63) is 42.5 Å². The van der Waals surface area contributed by atoms with Gasteiger partial charge < -0.3 is 5.32 Å². The SMILES string of the molecule is [CH]=CCNc1ccc(C(F)(F)F)cc1. The predicted molar refractivity (Wildman–Crippen MR) is 48.8 cm³/mol. The number of anilines is 1. The molecule has 1 aromatic carbocycles. The van der Waals surface area contributed by atoms with Crippen LogP contribution in [0.25, 0.3) is 0 Å². The second kappa shape index (κ2) is 4.17. The summed E-state index contributed by atoms with van der Waals surface area (Å²) in [6, 6.07) is 4.79. The number of benzene rings is 1. The molecule has 0 unspecified atom stereocenters. The highest BCUT2D eigenvalue weighted by Crippen LogP contribution is 2.29. The molecule has 0 amide bonds. The molecular formula is C10H9F3N. The maximum atomic E-state index is 12.1. The van der Waals surface area contributed by atoms with Gasteiger partial charge in [-0.3, -0.25) is 0 Å². The molecule has 0 aliphatic heterocycles. The minimum atomic E-state index is -4.28. The molecule has 0 atom stereocenters. The molecule has 1 nitrogen and oxygen atoms in total. The van der Waals surface area contributed by atoms with Crippen molar-refractivity contribution in [2.45, 2.75) is 6.18 Å². The molecule has 0 aromatic heterocycles. The average Bonchev–Trinajstić information content (AvgIpc) is 2.14. The molecule has 0 saturated heterocycles. The molecule has 0 fully saturated rings. The lowest BCUT2D eigenvalue weighted by Gasteiger charge is -2.07. The largest absolute Gasteiger partial charge is 0.416 e. The van der Waals surface area contributed by atoms with Crippen LogP contribution in [0, 0.1) is 6.58 Å². The highest BCUT2D eigenvalue weighted by Gasteiger charge is 2.29. The molecule has 0 saturated carbocycles. The van der Waals surface area contributed by atoms with Crippen LogP contribution in [-0.4, -0.2) is 6.54 Å². The second-order valence-corrected chi connectivity index (χ2v) is 2.69. The van der Waals surface area contributed by atoms with E-state index in [1.165, 1.54) is 18.2 Å². The quantitative estimate of drug-likeness (QED) is 0.790. The average molecular weight is 200 g/mol. The third-order valence-electron chi connectivity index (χ3n) is 1.64. The summed E-state index contributed by atoms with van der Waals surface area (Å²) < 4.78 is 36.4. The van der Waals surface area contributed by atoms with Crippen molar-refractivity contribution in [2.24, 2.45) is 0 Å². The predicted octanol–water partition coefficient (Wildman–Crippen LogP) is 3.11. The second-order valence-electron chi connectivity index (χ2n) is 2.69. The Balaban J connectivity index is 2.73. The molecule has 0 bridgehead atoms. The molecule has 1 aromatic rings. The zero-order valence-corrected chi connectivity index (χ0v) is 7.31. The van der Waals surface area contributed by atoms with Crippen LogP contribution in [0.5, 0.6) is 0 Å². The van der Waals surface area contributed by atoms with E-state index in [0.717, 1.165) is 12.1 Å². The van der Waals surface area contributed by atoms with Gasteiger partial charge in [0.25, 0.3) is 0 Å². The summed E-state index contributed by atoms with van der Waals surface area (Å²) in [4.78, 5) is 0. The third kappa shape index (κ3) is 2.80. The van der Waals surface area contributed by atoms with Crippen LogP contribution in [0.3, 0.4) is 0 Å². The normalized spacial score (nSPS) is 11.1. The zero-order valence-electron chi connectivity index (χ0n) is 7.31. The van der Waals surface area contributed by atoms with Crippen molar-refractivity contribution >= 4 is 5.69 Å². The smallest absolute Gasteiger partial charge is 0.382 e. The number of rotatable bonds is 3. The van der Waals surface area contributed by atoms with Crippen LogP contribution in [0.4, 0.5) is 18.9 Å². The van der Waals surface area contributed by atoms with Crippen LogP contribution in [0.15, 0.2) is 30.3 Å². The van der Waals surface area contributed by atoms with Crippen molar-refractivity contribution < 1.29 is 13.2 Å². The van der Waals surface area contributed by atoms with Gasteiger partial charge in [-0.15, -0.1) is 0 Å². The van der Waals surface area contributed by atoms with Crippen LogP contribution < -0.4 is 5.32 Å². The van der Waals surface area contributed by atoms with E-state index in [-0.39, 0.29) is 0 Å². The number of halogens is 3. The van der Waals surface area contributed by atoms with E-state index in [1.54, 1.807) is 0 Å². The number of alkyl halides is 3. The van der Waals surface area contributed by atoms with E-state index in [4.69, 9.17) is 6.58 Å². The number of hydrogen-bond acceptors (Lipinski definition) is 1. The summed E-state index contributed by atoms with van der Waals surface area (Å²) in [5.41, 5.74) is -0.0421. The Morgan fingerprint density at radius 1 is 1.21 bits per heavy atom. The van der Waals surface area contributed by atoms with Gasteiger partial charge >= 0.3 is 6.18 Å². The topological polar surface area (TPSA) is 12.0 Å². The van der Waals surface area contributed by atoms with Gasteiger partial charge in [0.1, 0.15) is 0 Å². The summed E-state index contributed by atoms with van der Waals surface area (Å²) >= 11 is 0. The molecule has 0 aliphatic carbocycles. The Morgan fingerprint density at radius 2 is 1.79 bits per heavy atom. The molecule has 75 valence electrons. The fourth-order valence-corrected chi connectivity index (χ4v) is 0.954. The maximum absolute atomic E-state index is 12.1. The monoisotopic (exact) mass is 200 g/mol. The first kappa shape index (κ1) is 10.6. The van der Waals surface area contributed by atoms with Gasteiger partial charge in [0, 0.05) is 12.2 Å². The minimum Gasteiger partial charge on any atom is -0.382 e. The fourth-order valence-electron chi connectivity index (χ4n) is 0.954. The molecule has 0 spiro atoms. The van der Waals surface area contributed by atoms with Gasteiger partial charge in [0.05, 0.1) is 5.56 Å². The van der Waals surface area contributed by atoms with E-state index < -0.39 is 11.7 Å². The third-order valence-corrected chi connectivity index (χ3v) is 1.64. The van der Waals surface area contributed by atoms with Crippen molar-refractivity contribution in [1.82, 2.24) is 0 Å². The van der Waals surface area contributed by atoms with Gasteiger partial charge in [0.15, 0.2) is 0 Å². The van der Waals surface area contributed by atoms with Gasteiger partial charge in [0.2, 0.25) is 0 Å². The summed E-state index contributed by atoms with van der Waals surface area (Å²) in [5, 5.41) is 2.83. The minimum absolute atomic E-state index is 0.422.